The van der Waals surface area contributed by atoms with Crippen LogP contribution in [-0.2, 0) is 43.9 Å². The van der Waals surface area contributed by atoms with Gasteiger partial charge >= 0.3 is 0 Å². The van der Waals surface area contributed by atoms with E-state index in [-0.39, 0.29) is 44.9 Å². The molecule has 0 saturated carbocycles. The van der Waals surface area contributed by atoms with E-state index in [9.17, 15) is 14.7 Å². The Hall–Kier alpha value is -1.62. The average Bonchev–Trinajstić information content (AvgIpc) is 2.61. The summed E-state index contributed by atoms with van der Waals surface area (Å²) in [5.41, 5.74) is 1.59. The normalized spacial score (nSPS) is 12.4. The van der Waals surface area contributed by atoms with Crippen molar-refractivity contribution in [3.63, 3.8) is 0 Å². The molecule has 1 atom stereocenters. The summed E-state index contributed by atoms with van der Waals surface area (Å²) in [6, 6.07) is 15.4. The van der Waals surface area contributed by atoms with E-state index in [0.29, 0.717) is 17.7 Å². The summed E-state index contributed by atoms with van der Waals surface area (Å²) in [5.74, 6) is -0.587. The van der Waals surface area contributed by atoms with E-state index < -0.39 is 11.5 Å². The van der Waals surface area contributed by atoms with Crippen molar-refractivity contribution in [1.29, 1.82) is 0 Å². The summed E-state index contributed by atoms with van der Waals surface area (Å²) in [7, 11) is 0. The summed E-state index contributed by atoms with van der Waals surface area (Å²) >= 11 is 0. The maximum atomic E-state index is 12.3. The van der Waals surface area contributed by atoms with Gasteiger partial charge in [-0.1, -0.05) is 43.5 Å². The van der Waals surface area contributed by atoms with Crippen LogP contribution in [0.25, 0.3) is 0 Å². The molecule has 26 heavy (non-hydrogen) atoms. The second kappa shape index (κ2) is 9.91. The average molecular weight is 425 g/mol. The molecule has 0 aromatic heterocycles. The fourth-order valence-electron chi connectivity index (χ4n) is 2.30. The fourth-order valence-corrected chi connectivity index (χ4v) is 2.30. The fraction of sp³-hybridized carbons (Fsp3) is 0.238. The van der Waals surface area contributed by atoms with E-state index in [1.54, 1.807) is 24.3 Å². The van der Waals surface area contributed by atoms with Gasteiger partial charge < -0.3 is 10.4 Å². The molecule has 0 aliphatic rings. The molecule has 4 nitrogen and oxygen atoms in total. The third-order valence-electron chi connectivity index (χ3n) is 4.04. The van der Waals surface area contributed by atoms with Gasteiger partial charge in [0.15, 0.2) is 5.78 Å². The SMILES string of the molecule is C=CC(=O)c1ccc(CC[C@](C)(O)C(=O)Nc2c[c-]c(C)cc2)cc1.[Y]. The first-order valence-electron chi connectivity index (χ1n) is 8.10. The van der Waals surface area contributed by atoms with Crippen LogP contribution in [-0.4, -0.2) is 22.4 Å². The molecular formula is C21H22NO3Y-. The van der Waals surface area contributed by atoms with E-state index in [1.807, 2.05) is 25.1 Å². The number of allylic oxidation sites excluding steroid dienone is 1. The molecule has 0 saturated heterocycles. The predicted octanol–water partition coefficient (Wildman–Crippen LogP) is 3.48. The summed E-state index contributed by atoms with van der Waals surface area (Å²) in [4.78, 5) is 23.8. The smallest absolute Gasteiger partial charge is 0.245 e. The minimum atomic E-state index is -1.50. The minimum absolute atomic E-state index is 0. The molecule has 2 rings (SSSR count). The number of nitrogens with one attached hydrogen (secondary N) is 1. The van der Waals surface area contributed by atoms with Crippen LogP contribution in [0.1, 0.15) is 34.8 Å². The van der Waals surface area contributed by atoms with Gasteiger partial charge in [0.2, 0.25) is 5.91 Å². The largest absolute Gasteiger partial charge is 0.380 e. The molecule has 1 amide bonds. The summed E-state index contributed by atoms with van der Waals surface area (Å²) < 4.78 is 0. The van der Waals surface area contributed by atoms with E-state index in [0.717, 1.165) is 11.1 Å². The number of hydrogen-bond acceptors (Lipinski definition) is 3. The van der Waals surface area contributed by atoms with Crippen LogP contribution in [0, 0.1) is 13.0 Å². The van der Waals surface area contributed by atoms with Crippen molar-refractivity contribution < 1.29 is 47.4 Å². The summed E-state index contributed by atoms with van der Waals surface area (Å²) in [6.07, 6.45) is 2.05. The van der Waals surface area contributed by atoms with E-state index >= 15 is 0 Å². The molecule has 2 aromatic rings. The van der Waals surface area contributed by atoms with Gasteiger partial charge in [0.25, 0.3) is 0 Å². The molecule has 0 spiro atoms. The summed E-state index contributed by atoms with van der Waals surface area (Å²) in [5, 5.41) is 13.2. The van der Waals surface area contributed by atoms with Crippen molar-refractivity contribution in [2.45, 2.75) is 32.3 Å². The predicted molar refractivity (Wildman–Crippen MR) is 98.6 cm³/mol. The first kappa shape index (κ1) is 22.4. The van der Waals surface area contributed by atoms with Crippen molar-refractivity contribution in [1.82, 2.24) is 0 Å². The Morgan fingerprint density at radius 1 is 1.23 bits per heavy atom. The van der Waals surface area contributed by atoms with Crippen LogP contribution in [0.2, 0.25) is 0 Å². The summed E-state index contributed by atoms with van der Waals surface area (Å²) in [6.45, 7) is 6.87. The second-order valence-corrected chi connectivity index (χ2v) is 6.25. The van der Waals surface area contributed by atoms with E-state index in [2.05, 4.69) is 18.0 Å². The Balaban J connectivity index is 0.00000338. The van der Waals surface area contributed by atoms with Crippen molar-refractivity contribution in [3.05, 3.63) is 77.9 Å². The number of ketones is 1. The zero-order chi connectivity index (χ0) is 18.4. The van der Waals surface area contributed by atoms with Crippen LogP contribution >= 0.6 is 0 Å². The van der Waals surface area contributed by atoms with Crippen molar-refractivity contribution in [2.75, 3.05) is 5.32 Å². The first-order valence-corrected chi connectivity index (χ1v) is 8.10. The third-order valence-corrected chi connectivity index (χ3v) is 4.04. The quantitative estimate of drug-likeness (QED) is 0.406. The Kier molecular flexibility index (Phi) is 8.55. The van der Waals surface area contributed by atoms with E-state index in [4.69, 9.17) is 0 Å². The third kappa shape index (κ3) is 6.28. The molecule has 2 aromatic carbocycles. The molecule has 0 heterocycles. The first-order chi connectivity index (χ1) is 11.8. The number of aliphatic hydroxyl groups is 1. The molecule has 2 N–H and O–H groups in total. The molecule has 0 unspecified atom stereocenters. The van der Waals surface area contributed by atoms with Gasteiger partial charge in [-0.2, -0.15) is 23.8 Å². The molecule has 0 aliphatic heterocycles. The van der Waals surface area contributed by atoms with Crippen molar-refractivity contribution in [3.8, 4) is 0 Å². The number of carbonyl (C=O) groups excluding carboxylic acids is 2. The Labute approximate surface area is 179 Å². The number of anilines is 1. The maximum Gasteiger partial charge on any atom is 0.245 e. The number of rotatable bonds is 7. The Bertz CT molecular complexity index is 765. The zero-order valence-electron chi connectivity index (χ0n) is 15.1. The topological polar surface area (TPSA) is 66.4 Å². The van der Waals surface area contributed by atoms with Gasteiger partial charge in [0.05, 0.1) is 0 Å². The monoisotopic (exact) mass is 425 g/mol. The van der Waals surface area contributed by atoms with Gasteiger partial charge in [-0.25, -0.2) is 0 Å². The molecule has 1 radical (unpaired) electrons. The molecular weight excluding hydrogens is 403 g/mol. The van der Waals surface area contributed by atoms with Crippen molar-refractivity contribution >= 4 is 17.4 Å². The molecule has 0 fully saturated rings. The number of benzene rings is 2. The van der Waals surface area contributed by atoms with Gasteiger partial charge in [0.1, 0.15) is 5.60 Å². The van der Waals surface area contributed by atoms with Gasteiger partial charge in [-0.3, -0.25) is 9.59 Å². The number of hydrogen-bond donors (Lipinski definition) is 2. The van der Waals surface area contributed by atoms with Gasteiger partial charge in [-0.15, -0.1) is 6.07 Å². The molecule has 5 heteroatoms. The zero-order valence-corrected chi connectivity index (χ0v) is 17.9. The minimum Gasteiger partial charge on any atom is -0.380 e. The molecule has 133 valence electrons. The van der Waals surface area contributed by atoms with Crippen LogP contribution < -0.4 is 5.32 Å². The Morgan fingerprint density at radius 3 is 2.42 bits per heavy atom. The number of carbonyl (C=O) groups is 2. The second-order valence-electron chi connectivity index (χ2n) is 6.25. The van der Waals surface area contributed by atoms with Crippen LogP contribution in [0.5, 0.6) is 0 Å². The molecule has 0 aliphatic carbocycles. The van der Waals surface area contributed by atoms with Crippen molar-refractivity contribution in [2.24, 2.45) is 0 Å². The van der Waals surface area contributed by atoms with Gasteiger partial charge in [-0.05, 0) is 31.4 Å². The van der Waals surface area contributed by atoms with Crippen LogP contribution in [0.3, 0.4) is 0 Å². The number of amides is 1. The number of aryl methyl sites for hydroxylation is 2. The van der Waals surface area contributed by atoms with Gasteiger partial charge in [0, 0.05) is 38.3 Å². The Morgan fingerprint density at radius 2 is 1.88 bits per heavy atom. The standard InChI is InChI=1S/C21H22NO3.Y/c1-4-19(23)17-9-7-16(8-10-17)13-14-21(3,25)20(24)22-18-11-5-15(2)6-12-18;/h4-5,7-12,25H,1,13-14H2,2-3H3,(H,22,24);/q-1;/t21-;/m0./s1. The van der Waals surface area contributed by atoms with Crippen LogP contribution in [0.15, 0.2) is 55.1 Å². The maximum absolute atomic E-state index is 12.3. The molecule has 0 bridgehead atoms. The van der Waals surface area contributed by atoms with Crippen LogP contribution in [0.4, 0.5) is 5.69 Å². The van der Waals surface area contributed by atoms with E-state index in [1.165, 1.54) is 13.0 Å².